The summed E-state index contributed by atoms with van der Waals surface area (Å²) < 4.78 is 1.72. The molecule has 0 radical (unpaired) electrons. The lowest BCUT2D eigenvalue weighted by atomic mass is 9.96. The van der Waals surface area contributed by atoms with E-state index in [1.54, 1.807) is 16.5 Å². The number of carbonyl (C=O) groups excluding carboxylic acids is 1. The van der Waals surface area contributed by atoms with Crippen LogP contribution in [-0.2, 0) is 0 Å². The number of hydrogen-bond acceptors (Lipinski definition) is 4. The Balaban J connectivity index is 2.07. The highest BCUT2D eigenvalue weighted by atomic mass is 16.2. The summed E-state index contributed by atoms with van der Waals surface area (Å²) >= 11 is 0. The van der Waals surface area contributed by atoms with Crippen molar-refractivity contribution in [3.8, 4) is 11.3 Å². The van der Waals surface area contributed by atoms with Crippen LogP contribution in [0.1, 0.15) is 41.4 Å². The Labute approximate surface area is 151 Å². The van der Waals surface area contributed by atoms with Crippen molar-refractivity contribution in [3.05, 3.63) is 46.8 Å². The van der Waals surface area contributed by atoms with Gasteiger partial charge < -0.3 is 9.74 Å². The Hall–Kier alpha value is -3.21. The van der Waals surface area contributed by atoms with Crippen LogP contribution in [0, 0.1) is 13.5 Å². The fourth-order valence-electron chi connectivity index (χ4n) is 3.01. The highest BCUT2D eigenvalue weighted by molar-refractivity contribution is 5.95. The van der Waals surface area contributed by atoms with Crippen LogP contribution in [0.2, 0.25) is 0 Å². The van der Waals surface area contributed by atoms with Gasteiger partial charge in [0, 0.05) is 24.4 Å². The maximum Gasteiger partial charge on any atom is 0.272 e. The molecule has 26 heavy (non-hydrogen) atoms. The molecule has 8 nitrogen and oxygen atoms in total. The van der Waals surface area contributed by atoms with Crippen molar-refractivity contribution in [1.82, 2.24) is 29.7 Å². The smallest absolute Gasteiger partial charge is 0.272 e. The molecule has 3 rings (SSSR count). The maximum atomic E-state index is 12.8. The number of rotatable bonds is 5. The van der Waals surface area contributed by atoms with Gasteiger partial charge in [-0.25, -0.2) is 16.1 Å². The first-order chi connectivity index (χ1) is 12.4. The normalized spacial score (nSPS) is 11.1. The number of nitrogens with one attached hydrogen (secondary N) is 1. The minimum absolute atomic E-state index is 0.101. The third kappa shape index (κ3) is 3.04. The van der Waals surface area contributed by atoms with Gasteiger partial charge in [-0.3, -0.25) is 9.89 Å². The van der Waals surface area contributed by atoms with Gasteiger partial charge in [0.05, 0.1) is 12.2 Å². The van der Waals surface area contributed by atoms with E-state index >= 15 is 0 Å². The van der Waals surface area contributed by atoms with Crippen molar-refractivity contribution in [2.45, 2.75) is 26.7 Å². The molecule has 1 N–H and O–H groups in total. The van der Waals surface area contributed by atoms with Gasteiger partial charge in [-0.15, -0.1) is 0 Å². The molecular formula is C18H21N7O. The number of likely N-dealkylation sites (N-methyl/N-ethyl adjacent to an activating group) is 1. The van der Waals surface area contributed by atoms with Crippen LogP contribution in [0.5, 0.6) is 0 Å². The maximum absolute atomic E-state index is 12.8. The average Bonchev–Trinajstić information content (AvgIpc) is 3.25. The van der Waals surface area contributed by atoms with Crippen molar-refractivity contribution in [1.29, 1.82) is 0 Å². The first-order valence-corrected chi connectivity index (χ1v) is 8.41. The van der Waals surface area contributed by atoms with E-state index in [1.807, 2.05) is 33.0 Å². The first kappa shape index (κ1) is 17.6. The number of aromatic nitrogens is 5. The number of aromatic amines is 1. The molecule has 8 heteroatoms. The molecule has 1 amide bonds. The van der Waals surface area contributed by atoms with Gasteiger partial charge in [0.2, 0.25) is 6.54 Å². The fraction of sp³-hybridized carbons (Fsp3) is 0.389. The lowest BCUT2D eigenvalue weighted by Crippen LogP contribution is -2.30. The average molecular weight is 351 g/mol. The lowest BCUT2D eigenvalue weighted by molar-refractivity contribution is 0.0794. The zero-order valence-electron chi connectivity index (χ0n) is 15.3. The quantitative estimate of drug-likeness (QED) is 0.716. The lowest BCUT2D eigenvalue weighted by Gasteiger charge is -2.15. The molecule has 0 spiro atoms. The van der Waals surface area contributed by atoms with Crippen molar-refractivity contribution in [2.75, 3.05) is 20.1 Å². The number of pyridine rings is 1. The summed E-state index contributed by atoms with van der Waals surface area (Å²) in [5.74, 6) is -0.0571. The van der Waals surface area contributed by atoms with E-state index in [0.717, 1.165) is 28.0 Å². The molecule has 3 aromatic rings. The molecule has 0 unspecified atom stereocenters. The Morgan fingerprint density at radius 1 is 1.46 bits per heavy atom. The van der Waals surface area contributed by atoms with Gasteiger partial charge in [-0.2, -0.15) is 10.2 Å². The molecule has 3 aromatic heterocycles. The van der Waals surface area contributed by atoms with Crippen molar-refractivity contribution < 1.29 is 4.79 Å². The molecule has 0 aliphatic rings. The third-order valence-corrected chi connectivity index (χ3v) is 4.32. The van der Waals surface area contributed by atoms with Gasteiger partial charge in [0.15, 0.2) is 5.65 Å². The Bertz CT molecular complexity index is 993. The molecule has 0 aliphatic carbocycles. The second kappa shape index (κ2) is 6.96. The number of hydrogen-bond donors (Lipinski definition) is 1. The van der Waals surface area contributed by atoms with E-state index in [9.17, 15) is 4.79 Å². The van der Waals surface area contributed by atoms with Crippen LogP contribution < -0.4 is 0 Å². The molecule has 3 heterocycles. The van der Waals surface area contributed by atoms with Crippen LogP contribution in [0.15, 0.2) is 18.6 Å². The van der Waals surface area contributed by atoms with E-state index in [2.05, 4.69) is 25.1 Å². The number of amides is 1. The number of aryl methyl sites for hydroxylation is 1. The van der Waals surface area contributed by atoms with E-state index < -0.39 is 0 Å². The summed E-state index contributed by atoms with van der Waals surface area (Å²) in [6, 6.07) is 2.00. The Morgan fingerprint density at radius 2 is 2.23 bits per heavy atom. The van der Waals surface area contributed by atoms with Crippen LogP contribution in [0.3, 0.4) is 0 Å². The molecule has 134 valence electrons. The minimum Gasteiger partial charge on any atom is -0.333 e. The summed E-state index contributed by atoms with van der Waals surface area (Å²) in [4.78, 5) is 21.9. The van der Waals surface area contributed by atoms with Crippen molar-refractivity contribution in [2.24, 2.45) is 0 Å². The molecule has 0 aromatic carbocycles. The zero-order chi connectivity index (χ0) is 18.8. The molecule has 0 atom stereocenters. The van der Waals surface area contributed by atoms with Gasteiger partial charge in [0.1, 0.15) is 12.0 Å². The second-order valence-electron chi connectivity index (χ2n) is 6.56. The van der Waals surface area contributed by atoms with Crippen molar-refractivity contribution >= 4 is 11.6 Å². The monoisotopic (exact) mass is 351 g/mol. The van der Waals surface area contributed by atoms with Gasteiger partial charge in [-0.1, -0.05) is 13.8 Å². The van der Waals surface area contributed by atoms with Crippen LogP contribution in [0.25, 0.3) is 21.7 Å². The van der Waals surface area contributed by atoms with Crippen molar-refractivity contribution in [3.63, 3.8) is 0 Å². The largest absolute Gasteiger partial charge is 0.333 e. The summed E-state index contributed by atoms with van der Waals surface area (Å²) in [6.45, 7) is 13.6. The summed E-state index contributed by atoms with van der Waals surface area (Å²) in [5.41, 5.74) is 4.73. The molecule has 0 saturated heterocycles. The standard InChI is InChI=1S/C18H21N7O/c1-11(2)14-15(13-8-12(3)17-20-10-21-25(17)9-13)22-23-16(14)18(26)24(5)7-6-19-4/h8-11H,6-7H2,1-3,5H3,(H,22,23). The number of fused-ring (bicyclic) bond motifs is 1. The van der Waals surface area contributed by atoms with E-state index in [4.69, 9.17) is 6.57 Å². The van der Waals surface area contributed by atoms with E-state index in [-0.39, 0.29) is 18.4 Å². The van der Waals surface area contributed by atoms with Crippen LogP contribution >= 0.6 is 0 Å². The number of nitrogens with zero attached hydrogens (tertiary/aromatic N) is 6. The summed E-state index contributed by atoms with van der Waals surface area (Å²) in [5, 5.41) is 11.5. The van der Waals surface area contributed by atoms with E-state index in [0.29, 0.717) is 12.2 Å². The molecular weight excluding hydrogens is 330 g/mol. The number of H-pyrrole nitrogens is 1. The molecule has 0 bridgehead atoms. The van der Waals surface area contributed by atoms with Crippen LogP contribution in [-0.4, -0.2) is 55.7 Å². The topological polar surface area (TPSA) is 83.5 Å². The molecule has 0 aliphatic heterocycles. The van der Waals surface area contributed by atoms with Gasteiger partial charge >= 0.3 is 0 Å². The van der Waals surface area contributed by atoms with Gasteiger partial charge in [0.25, 0.3) is 5.91 Å². The molecule has 0 saturated carbocycles. The third-order valence-electron chi connectivity index (χ3n) is 4.32. The summed E-state index contributed by atoms with van der Waals surface area (Å²) in [6.07, 6.45) is 3.38. The highest BCUT2D eigenvalue weighted by Crippen LogP contribution is 2.31. The minimum atomic E-state index is -0.158. The first-order valence-electron chi connectivity index (χ1n) is 8.41. The second-order valence-corrected chi connectivity index (χ2v) is 6.56. The Morgan fingerprint density at radius 3 is 2.92 bits per heavy atom. The predicted octanol–water partition coefficient (Wildman–Crippen LogP) is 2.54. The predicted molar refractivity (Wildman–Crippen MR) is 97.8 cm³/mol. The van der Waals surface area contributed by atoms with Gasteiger partial charge in [-0.05, 0) is 24.5 Å². The summed E-state index contributed by atoms with van der Waals surface area (Å²) in [7, 11) is 1.70. The molecule has 0 fully saturated rings. The fourth-order valence-corrected chi connectivity index (χ4v) is 3.01. The SMILES string of the molecule is [C-]#[N+]CCN(C)C(=O)c1[nH]nc(-c2cc(C)c3ncnn3c2)c1C(C)C. The van der Waals surface area contributed by atoms with Crippen LogP contribution in [0.4, 0.5) is 0 Å². The zero-order valence-corrected chi connectivity index (χ0v) is 15.3. The number of carbonyl (C=O) groups is 1. The Kier molecular flexibility index (Phi) is 4.71. The highest BCUT2D eigenvalue weighted by Gasteiger charge is 2.25. The van der Waals surface area contributed by atoms with E-state index in [1.165, 1.54) is 6.33 Å².